The third-order valence-corrected chi connectivity index (χ3v) is 9.71. The molecular weight excluding hydrogens is 674 g/mol. The highest BCUT2D eigenvalue weighted by Gasteiger charge is 2.42. The number of likely N-dealkylation sites (tertiary alicyclic amines) is 1. The van der Waals surface area contributed by atoms with Gasteiger partial charge in [0.1, 0.15) is 0 Å². The largest absolute Gasteiger partial charge is 0.386 e. The Labute approximate surface area is 322 Å². The fourth-order valence-electron chi connectivity index (χ4n) is 6.64. The van der Waals surface area contributed by atoms with E-state index in [2.05, 4.69) is 43.0 Å². The van der Waals surface area contributed by atoms with Gasteiger partial charge in [0.05, 0.1) is 61.4 Å². The van der Waals surface area contributed by atoms with E-state index in [1.807, 2.05) is 41.5 Å². The minimum absolute atomic E-state index is 0.00166. The SMILES string of the molecule is C=C/C=C(\C=C)C(O)C(C)NC(=O)C(C)C(OC)C1CCCN1C(=O)CC(OC)C(C(C)CC)N(C)C(=O)CNC(=O)C(NC)C(C)C.CC.CCC. The molecule has 1 saturated heterocycles. The molecule has 308 valence electrons. The zero-order valence-electron chi connectivity index (χ0n) is 35.7. The van der Waals surface area contributed by atoms with Crippen molar-refractivity contribution in [3.63, 3.8) is 0 Å². The molecule has 53 heavy (non-hydrogen) atoms. The van der Waals surface area contributed by atoms with Crippen molar-refractivity contribution in [1.82, 2.24) is 25.8 Å². The van der Waals surface area contributed by atoms with Crippen molar-refractivity contribution in [2.24, 2.45) is 17.8 Å². The number of rotatable bonds is 21. The van der Waals surface area contributed by atoms with Crippen LogP contribution in [-0.2, 0) is 28.7 Å². The minimum atomic E-state index is -0.974. The van der Waals surface area contributed by atoms with E-state index in [-0.39, 0.29) is 54.5 Å². The Bertz CT molecular complexity index is 1130. The van der Waals surface area contributed by atoms with Crippen LogP contribution in [0.1, 0.15) is 101 Å². The summed E-state index contributed by atoms with van der Waals surface area (Å²) >= 11 is 0. The maximum Gasteiger partial charge on any atom is 0.242 e. The van der Waals surface area contributed by atoms with Crippen LogP contribution in [0.15, 0.2) is 37.0 Å². The molecule has 0 saturated carbocycles. The normalized spacial score (nSPS) is 18.7. The predicted octanol–water partition coefficient (Wildman–Crippen LogP) is 4.87. The molecule has 9 atom stereocenters. The van der Waals surface area contributed by atoms with Gasteiger partial charge in [0.25, 0.3) is 0 Å². The zero-order valence-corrected chi connectivity index (χ0v) is 35.7. The van der Waals surface area contributed by atoms with Crippen LogP contribution in [0.25, 0.3) is 0 Å². The molecule has 0 aromatic carbocycles. The third-order valence-electron chi connectivity index (χ3n) is 9.71. The molecule has 1 aliphatic rings. The molecule has 12 heteroatoms. The molecule has 0 aromatic rings. The number of nitrogens with zero attached hydrogens (tertiary/aromatic N) is 2. The monoisotopic (exact) mass is 752 g/mol. The summed E-state index contributed by atoms with van der Waals surface area (Å²) < 4.78 is 11.7. The Balaban J connectivity index is 0. The van der Waals surface area contributed by atoms with Gasteiger partial charge in [0, 0.05) is 27.8 Å². The van der Waals surface area contributed by atoms with Gasteiger partial charge in [-0.2, -0.15) is 0 Å². The third kappa shape index (κ3) is 16.5. The number of aliphatic hydroxyl groups is 1. The van der Waals surface area contributed by atoms with E-state index < -0.39 is 42.4 Å². The molecule has 0 aromatic heterocycles. The lowest BCUT2D eigenvalue weighted by molar-refractivity contribution is -0.146. The second-order valence-corrected chi connectivity index (χ2v) is 13.9. The maximum absolute atomic E-state index is 13.9. The highest BCUT2D eigenvalue weighted by atomic mass is 16.5. The number of amides is 4. The van der Waals surface area contributed by atoms with Gasteiger partial charge < -0.3 is 40.3 Å². The van der Waals surface area contributed by atoms with Gasteiger partial charge in [-0.3, -0.25) is 19.2 Å². The molecule has 0 spiro atoms. The average molecular weight is 752 g/mol. The predicted molar refractivity (Wildman–Crippen MR) is 216 cm³/mol. The molecule has 0 radical (unpaired) electrons. The first kappa shape index (κ1) is 52.0. The highest BCUT2D eigenvalue weighted by Crippen LogP contribution is 2.29. The van der Waals surface area contributed by atoms with E-state index in [0.29, 0.717) is 18.5 Å². The molecular formula is C41H77N5O7. The summed E-state index contributed by atoms with van der Waals surface area (Å²) in [4.78, 5) is 56.6. The van der Waals surface area contributed by atoms with Crippen LogP contribution in [0.2, 0.25) is 0 Å². The first-order valence-corrected chi connectivity index (χ1v) is 19.6. The molecule has 4 amide bonds. The smallest absolute Gasteiger partial charge is 0.242 e. The molecule has 4 N–H and O–H groups in total. The van der Waals surface area contributed by atoms with E-state index in [1.165, 1.54) is 26.7 Å². The van der Waals surface area contributed by atoms with Crippen molar-refractivity contribution < 1.29 is 33.8 Å². The van der Waals surface area contributed by atoms with E-state index in [9.17, 15) is 24.3 Å². The highest BCUT2D eigenvalue weighted by molar-refractivity contribution is 5.87. The van der Waals surface area contributed by atoms with Crippen molar-refractivity contribution in [3.05, 3.63) is 37.0 Å². The Kier molecular flexibility index (Phi) is 27.9. The first-order valence-electron chi connectivity index (χ1n) is 19.6. The average Bonchev–Trinajstić information content (AvgIpc) is 3.63. The van der Waals surface area contributed by atoms with E-state index >= 15 is 0 Å². The summed E-state index contributed by atoms with van der Waals surface area (Å²) in [7, 11) is 6.47. The van der Waals surface area contributed by atoms with Gasteiger partial charge in [0.15, 0.2) is 0 Å². The summed E-state index contributed by atoms with van der Waals surface area (Å²) in [5, 5.41) is 19.3. The van der Waals surface area contributed by atoms with Gasteiger partial charge in [-0.15, -0.1) is 0 Å². The number of carbonyl (C=O) groups is 4. The fourth-order valence-corrected chi connectivity index (χ4v) is 6.64. The van der Waals surface area contributed by atoms with E-state index in [0.717, 1.165) is 12.8 Å². The van der Waals surface area contributed by atoms with Crippen LogP contribution >= 0.6 is 0 Å². The number of allylic oxidation sites excluding steroid dienone is 2. The Morgan fingerprint density at radius 2 is 1.58 bits per heavy atom. The summed E-state index contributed by atoms with van der Waals surface area (Å²) in [6.45, 7) is 27.3. The second kappa shape index (κ2) is 28.4. The van der Waals surface area contributed by atoms with Crippen molar-refractivity contribution in [1.29, 1.82) is 0 Å². The lowest BCUT2D eigenvalue weighted by Gasteiger charge is -2.39. The topological polar surface area (TPSA) is 150 Å². The molecule has 0 aliphatic carbocycles. The van der Waals surface area contributed by atoms with Crippen LogP contribution < -0.4 is 16.0 Å². The summed E-state index contributed by atoms with van der Waals surface area (Å²) in [6.07, 6.45) is 5.99. The molecule has 1 aliphatic heterocycles. The number of aliphatic hydroxyl groups excluding tert-OH is 1. The van der Waals surface area contributed by atoms with Crippen LogP contribution in [0.5, 0.6) is 0 Å². The number of hydrogen-bond acceptors (Lipinski definition) is 8. The lowest BCUT2D eigenvalue weighted by Crippen LogP contribution is -2.55. The van der Waals surface area contributed by atoms with Crippen molar-refractivity contribution >= 4 is 23.6 Å². The van der Waals surface area contributed by atoms with E-state index in [1.54, 1.807) is 49.9 Å². The Morgan fingerprint density at radius 1 is 1.00 bits per heavy atom. The van der Waals surface area contributed by atoms with E-state index in [4.69, 9.17) is 9.47 Å². The molecule has 12 nitrogen and oxygen atoms in total. The van der Waals surface area contributed by atoms with Crippen LogP contribution in [0.3, 0.4) is 0 Å². The summed E-state index contributed by atoms with van der Waals surface area (Å²) in [5.74, 6) is -1.55. The summed E-state index contributed by atoms with van der Waals surface area (Å²) in [6, 6.07) is -1.79. The number of methoxy groups -OCH3 is 2. The molecule has 1 rings (SSSR count). The van der Waals surface area contributed by atoms with Crippen molar-refractivity contribution in [2.75, 3.05) is 41.4 Å². The number of hydrogen-bond donors (Lipinski definition) is 4. The fraction of sp³-hybridized carbons (Fsp3) is 0.756. The van der Waals surface area contributed by atoms with Gasteiger partial charge in [-0.05, 0) is 44.2 Å². The van der Waals surface area contributed by atoms with Crippen molar-refractivity contribution in [2.45, 2.75) is 144 Å². The summed E-state index contributed by atoms with van der Waals surface area (Å²) in [5.41, 5.74) is 0.537. The van der Waals surface area contributed by atoms with Crippen LogP contribution in [-0.4, -0.2) is 122 Å². The van der Waals surface area contributed by atoms with Gasteiger partial charge >= 0.3 is 0 Å². The molecule has 9 unspecified atom stereocenters. The number of ether oxygens (including phenoxy) is 2. The number of nitrogens with one attached hydrogen (secondary N) is 3. The van der Waals surface area contributed by atoms with Gasteiger partial charge in [0.2, 0.25) is 23.6 Å². The molecule has 1 fully saturated rings. The molecule has 0 bridgehead atoms. The Hall–Kier alpha value is -3.06. The van der Waals surface area contributed by atoms with Crippen molar-refractivity contribution in [3.8, 4) is 0 Å². The molecule has 1 heterocycles. The zero-order chi connectivity index (χ0) is 41.4. The maximum atomic E-state index is 13.9. The quantitative estimate of drug-likeness (QED) is 0.122. The van der Waals surface area contributed by atoms with Gasteiger partial charge in [-0.25, -0.2) is 0 Å². The number of carbonyl (C=O) groups excluding carboxylic acids is 4. The van der Waals surface area contributed by atoms with Gasteiger partial charge in [-0.1, -0.05) is 107 Å². The number of likely N-dealkylation sites (N-methyl/N-ethyl adjacent to an activating group) is 2. The lowest BCUT2D eigenvalue weighted by atomic mass is 9.90. The van der Waals surface area contributed by atoms with Crippen LogP contribution in [0, 0.1) is 17.8 Å². The standard InChI is InChI=1S/C36H63N5O7.C3H8.C2H6/c1-13-17-26(15-3)33(44)25(8)39-35(45)24(7)34(48-12)27-18-16-19-41(27)29(42)20-28(47-11)32(23(6)14-2)40(10)30(43)21-38-36(46)31(37-9)22(4)5;1-3-2;1-2/h13,15,17,22-25,27-28,31-34,37,44H,1,3,14,16,18-21H2,2,4-12H3,(H,38,46)(H,39,45);3H2,1-2H3;1-2H3/b26-17+;;. The first-order chi connectivity index (χ1) is 25.1. The Morgan fingerprint density at radius 3 is 2.04 bits per heavy atom. The minimum Gasteiger partial charge on any atom is -0.386 e. The van der Waals surface area contributed by atoms with Crippen LogP contribution in [0.4, 0.5) is 0 Å². The second-order valence-electron chi connectivity index (χ2n) is 13.9.